The molecule has 0 aliphatic heterocycles. The number of carbonyl (C=O) groups excluding carboxylic acids is 1. The minimum atomic E-state index is -3.43. The van der Waals surface area contributed by atoms with E-state index in [1.807, 2.05) is 12.1 Å². The summed E-state index contributed by atoms with van der Waals surface area (Å²) in [6.07, 6.45) is 7.20. The molecule has 0 atom stereocenters. The maximum Gasteiger partial charge on any atom is 0.322 e. The number of nitrogens with zero attached hydrogens (tertiary/aromatic N) is 1. The molecule has 0 spiro atoms. The molecule has 0 heterocycles. The average molecular weight is 564 g/mol. The zero-order valence-corrected chi connectivity index (χ0v) is 23.2. The van der Waals surface area contributed by atoms with Crippen LogP contribution in [0.4, 0.5) is 10.5 Å². The van der Waals surface area contributed by atoms with E-state index in [-0.39, 0.29) is 12.6 Å². The third kappa shape index (κ3) is 11.0. The van der Waals surface area contributed by atoms with Crippen molar-refractivity contribution in [3.05, 3.63) is 62.6 Å². The molecular weight excluding hydrogens is 531 g/mol. The fraction of sp³-hybridized carbons (Fsp3) is 0.480. The molecule has 0 fully saturated rings. The average Bonchev–Trinajstić information content (AvgIpc) is 2.78. The maximum atomic E-state index is 13.2. The van der Waals surface area contributed by atoms with E-state index < -0.39 is 10.1 Å². The number of rotatable bonds is 14. The van der Waals surface area contributed by atoms with Gasteiger partial charge in [-0.25, -0.2) is 4.79 Å². The van der Waals surface area contributed by atoms with Gasteiger partial charge in [0.1, 0.15) is 0 Å². The van der Waals surface area contributed by atoms with Crippen LogP contribution in [0, 0.1) is 0 Å². The fourth-order valence-corrected chi connectivity index (χ4v) is 4.96. The van der Waals surface area contributed by atoms with Crippen LogP contribution in [0.1, 0.15) is 56.6 Å². The summed E-state index contributed by atoms with van der Waals surface area (Å²) in [6, 6.07) is 11.0. The molecule has 6 nitrogen and oxygen atoms in total. The molecule has 10 heteroatoms. The molecule has 1 N–H and O–H groups in total. The number of benzene rings is 2. The first-order valence-electron chi connectivity index (χ1n) is 11.7. The van der Waals surface area contributed by atoms with Gasteiger partial charge < -0.3 is 5.32 Å². The number of urea groups is 1. The second-order valence-corrected chi connectivity index (χ2v) is 11.3. The molecule has 2 amide bonds. The predicted molar refractivity (Wildman–Crippen MR) is 145 cm³/mol. The highest BCUT2D eigenvalue weighted by molar-refractivity contribution is 7.85. The van der Waals surface area contributed by atoms with E-state index in [0.29, 0.717) is 46.7 Å². The lowest BCUT2D eigenvalue weighted by atomic mass is 10.1. The SMILES string of the molecule is CCCCc1ccc(CNC(=O)N(CCCCCCOS(C)(=O)=O)c2c(Cl)cc(Cl)cc2Cl)cc1. The van der Waals surface area contributed by atoms with Crippen molar-refractivity contribution >= 4 is 56.6 Å². The molecule has 0 aliphatic rings. The highest BCUT2D eigenvalue weighted by Gasteiger charge is 2.21. The van der Waals surface area contributed by atoms with Crippen LogP contribution in [-0.4, -0.2) is 33.9 Å². The number of hydrogen-bond donors (Lipinski definition) is 1. The first-order valence-corrected chi connectivity index (χ1v) is 14.7. The van der Waals surface area contributed by atoms with Crippen LogP contribution in [0.5, 0.6) is 0 Å². The molecule has 35 heavy (non-hydrogen) atoms. The highest BCUT2D eigenvalue weighted by Crippen LogP contribution is 2.37. The summed E-state index contributed by atoms with van der Waals surface area (Å²) in [4.78, 5) is 14.7. The van der Waals surface area contributed by atoms with Crippen molar-refractivity contribution in [3.63, 3.8) is 0 Å². The minimum Gasteiger partial charge on any atom is -0.334 e. The van der Waals surface area contributed by atoms with E-state index >= 15 is 0 Å². The number of hydrogen-bond acceptors (Lipinski definition) is 4. The molecule has 0 saturated heterocycles. The van der Waals surface area contributed by atoms with Crippen molar-refractivity contribution in [2.75, 3.05) is 24.3 Å². The van der Waals surface area contributed by atoms with Crippen LogP contribution in [0.2, 0.25) is 15.1 Å². The van der Waals surface area contributed by atoms with Crippen LogP contribution in [0.25, 0.3) is 0 Å². The lowest BCUT2D eigenvalue weighted by Gasteiger charge is -2.25. The first kappa shape index (κ1) is 29.7. The summed E-state index contributed by atoms with van der Waals surface area (Å²) in [7, 11) is -3.43. The Balaban J connectivity index is 2.00. The molecule has 2 aromatic rings. The summed E-state index contributed by atoms with van der Waals surface area (Å²) >= 11 is 18.9. The largest absolute Gasteiger partial charge is 0.334 e. The number of nitrogens with one attached hydrogen (secondary N) is 1. The molecule has 0 aliphatic carbocycles. The Kier molecular flexibility index (Phi) is 12.7. The Bertz CT molecular complexity index is 1040. The van der Waals surface area contributed by atoms with E-state index in [9.17, 15) is 13.2 Å². The van der Waals surface area contributed by atoms with Crippen LogP contribution >= 0.6 is 34.8 Å². The van der Waals surface area contributed by atoms with Gasteiger partial charge in [-0.15, -0.1) is 0 Å². The van der Waals surface area contributed by atoms with Crippen LogP contribution < -0.4 is 10.2 Å². The Morgan fingerprint density at radius 3 is 2.14 bits per heavy atom. The molecule has 194 valence electrons. The van der Waals surface area contributed by atoms with Gasteiger partial charge in [0.2, 0.25) is 0 Å². The van der Waals surface area contributed by atoms with E-state index in [1.54, 1.807) is 12.1 Å². The van der Waals surface area contributed by atoms with Crippen LogP contribution in [0.15, 0.2) is 36.4 Å². The summed E-state index contributed by atoms with van der Waals surface area (Å²) < 4.78 is 26.8. The topological polar surface area (TPSA) is 75.7 Å². The molecule has 0 bridgehead atoms. The monoisotopic (exact) mass is 562 g/mol. The van der Waals surface area contributed by atoms with Gasteiger partial charge in [0.05, 0.1) is 28.6 Å². The zero-order valence-electron chi connectivity index (χ0n) is 20.2. The van der Waals surface area contributed by atoms with Crippen molar-refractivity contribution < 1.29 is 17.4 Å². The summed E-state index contributed by atoms with van der Waals surface area (Å²) in [5.74, 6) is 0. The van der Waals surface area contributed by atoms with Gasteiger partial charge in [-0.1, -0.05) is 85.3 Å². The maximum absolute atomic E-state index is 13.2. The van der Waals surface area contributed by atoms with E-state index in [2.05, 4.69) is 24.4 Å². The molecular formula is C25H33Cl3N2O4S. The van der Waals surface area contributed by atoms with Gasteiger partial charge in [0.15, 0.2) is 0 Å². The molecule has 0 unspecified atom stereocenters. The van der Waals surface area contributed by atoms with E-state index in [0.717, 1.165) is 43.9 Å². The number of unbranched alkanes of at least 4 members (excludes halogenated alkanes) is 4. The number of carbonyl (C=O) groups is 1. The second-order valence-electron chi connectivity index (χ2n) is 8.39. The predicted octanol–water partition coefficient (Wildman–Crippen LogP) is 7.24. The number of halogens is 3. The molecule has 2 aromatic carbocycles. The summed E-state index contributed by atoms with van der Waals surface area (Å²) in [6.45, 7) is 3.07. The van der Waals surface area contributed by atoms with Gasteiger partial charge in [-0.05, 0) is 48.9 Å². The summed E-state index contributed by atoms with van der Waals surface area (Å²) in [5.41, 5.74) is 2.69. The van der Waals surface area contributed by atoms with Gasteiger partial charge in [-0.2, -0.15) is 8.42 Å². The van der Waals surface area contributed by atoms with Gasteiger partial charge >= 0.3 is 6.03 Å². The Labute approximate surface area is 224 Å². The fourth-order valence-electron chi connectivity index (χ4n) is 3.52. The van der Waals surface area contributed by atoms with Crippen molar-refractivity contribution in [3.8, 4) is 0 Å². The molecule has 0 saturated carbocycles. The Morgan fingerprint density at radius 1 is 0.943 bits per heavy atom. The normalized spacial score (nSPS) is 11.5. The Hall–Kier alpha value is -1.51. The lowest BCUT2D eigenvalue weighted by Crippen LogP contribution is -2.40. The number of amides is 2. The van der Waals surface area contributed by atoms with Crippen LogP contribution in [-0.2, 0) is 27.3 Å². The third-order valence-electron chi connectivity index (χ3n) is 5.36. The van der Waals surface area contributed by atoms with Gasteiger partial charge in [-0.3, -0.25) is 9.08 Å². The van der Waals surface area contributed by atoms with Crippen molar-refractivity contribution in [2.45, 2.75) is 58.4 Å². The van der Waals surface area contributed by atoms with Crippen molar-refractivity contribution in [2.24, 2.45) is 0 Å². The third-order valence-corrected chi connectivity index (χ3v) is 6.75. The highest BCUT2D eigenvalue weighted by atomic mass is 35.5. The quantitative estimate of drug-likeness (QED) is 0.194. The van der Waals surface area contributed by atoms with Gasteiger partial charge in [0, 0.05) is 18.1 Å². The minimum absolute atomic E-state index is 0.148. The standard InChI is InChI=1S/C25H33Cl3N2O4S/c1-3-4-9-19-10-12-20(13-11-19)18-29-25(31)30(24-22(27)16-21(26)17-23(24)28)14-7-5-6-8-15-34-35(2,32)33/h10-13,16-17H,3-9,14-15,18H2,1-2H3,(H,29,31). The van der Waals surface area contributed by atoms with Crippen LogP contribution in [0.3, 0.4) is 0 Å². The van der Waals surface area contributed by atoms with Gasteiger partial charge in [0.25, 0.3) is 10.1 Å². The number of anilines is 1. The zero-order chi connectivity index (χ0) is 25.8. The Morgan fingerprint density at radius 2 is 1.54 bits per heavy atom. The van der Waals surface area contributed by atoms with E-state index in [4.69, 9.17) is 39.0 Å². The lowest BCUT2D eigenvalue weighted by molar-refractivity contribution is 0.245. The van der Waals surface area contributed by atoms with Crippen molar-refractivity contribution in [1.29, 1.82) is 0 Å². The summed E-state index contributed by atoms with van der Waals surface area (Å²) in [5, 5.41) is 3.93. The molecule has 0 radical (unpaired) electrons. The molecule has 0 aromatic heterocycles. The van der Waals surface area contributed by atoms with Crippen molar-refractivity contribution in [1.82, 2.24) is 5.32 Å². The first-order chi connectivity index (χ1) is 16.6. The van der Waals surface area contributed by atoms with E-state index in [1.165, 1.54) is 10.5 Å². The smallest absolute Gasteiger partial charge is 0.322 e. The molecule has 2 rings (SSSR count). The number of aryl methyl sites for hydroxylation is 1. The second kappa shape index (κ2) is 14.9.